The number of hydrogen-bond donors (Lipinski definition) is 0. The molecule has 0 aliphatic carbocycles. The van der Waals surface area contributed by atoms with Gasteiger partial charge in [-0.3, -0.25) is 0 Å². The van der Waals surface area contributed by atoms with Crippen LogP contribution >= 0.6 is 0 Å². The van der Waals surface area contributed by atoms with E-state index in [1.807, 2.05) is 0 Å². The van der Waals surface area contributed by atoms with Crippen LogP contribution in [0.15, 0.2) is 71.1 Å². The summed E-state index contributed by atoms with van der Waals surface area (Å²) in [6, 6.07) is 23.7. The molecule has 0 unspecified atom stereocenters. The van der Waals surface area contributed by atoms with E-state index >= 15 is 0 Å². The molecule has 7 rings (SSSR count). The Bertz CT molecular complexity index is 1680. The predicted molar refractivity (Wildman–Crippen MR) is 133 cm³/mol. The lowest BCUT2D eigenvalue weighted by molar-refractivity contribution is 0.00578. The van der Waals surface area contributed by atoms with Crippen molar-refractivity contribution in [3.8, 4) is 0 Å². The van der Waals surface area contributed by atoms with Crippen LogP contribution in [0.2, 0.25) is 0 Å². The van der Waals surface area contributed by atoms with Gasteiger partial charge in [-0.25, -0.2) is 0 Å². The summed E-state index contributed by atoms with van der Waals surface area (Å²) in [5, 5.41) is 9.75. The molecule has 0 spiro atoms. The molecule has 4 heteroatoms. The molecule has 0 bridgehead atoms. The molecule has 3 nitrogen and oxygen atoms in total. The summed E-state index contributed by atoms with van der Waals surface area (Å²) < 4.78 is 19.0. The second-order valence-corrected chi connectivity index (χ2v) is 10.0. The molecule has 1 aliphatic rings. The van der Waals surface area contributed by atoms with Crippen molar-refractivity contribution >= 4 is 66.8 Å². The normalized spacial score (nSPS) is 18.2. The monoisotopic (exact) mass is 418 g/mol. The summed E-state index contributed by atoms with van der Waals surface area (Å²) in [7, 11) is -0.386. The maximum atomic E-state index is 6.36. The second-order valence-electron chi connectivity index (χ2n) is 10.0. The largest absolute Gasteiger partial charge is 0.494 e. The van der Waals surface area contributed by atoms with Crippen molar-refractivity contribution in [2.45, 2.75) is 38.9 Å². The molecule has 1 fully saturated rings. The Morgan fingerprint density at radius 3 is 2.06 bits per heavy atom. The van der Waals surface area contributed by atoms with Crippen LogP contribution in [0.3, 0.4) is 0 Å². The van der Waals surface area contributed by atoms with Gasteiger partial charge in [-0.1, -0.05) is 54.6 Å². The summed E-state index contributed by atoms with van der Waals surface area (Å²) in [5.74, 6) is 0. The lowest BCUT2D eigenvalue weighted by Gasteiger charge is -2.32. The zero-order valence-corrected chi connectivity index (χ0v) is 18.7. The van der Waals surface area contributed by atoms with Crippen molar-refractivity contribution in [2.75, 3.05) is 0 Å². The van der Waals surface area contributed by atoms with E-state index in [1.165, 1.54) is 37.7 Å². The summed E-state index contributed by atoms with van der Waals surface area (Å²) >= 11 is 0. The average molecular weight is 418 g/mol. The van der Waals surface area contributed by atoms with Gasteiger partial charge in [0.15, 0.2) is 0 Å². The van der Waals surface area contributed by atoms with Crippen molar-refractivity contribution in [1.82, 2.24) is 0 Å². The fourth-order valence-corrected chi connectivity index (χ4v) is 5.27. The molecule has 156 valence electrons. The van der Waals surface area contributed by atoms with Crippen LogP contribution < -0.4 is 5.46 Å². The molecule has 1 saturated heterocycles. The number of hydrogen-bond acceptors (Lipinski definition) is 3. The van der Waals surface area contributed by atoms with Gasteiger partial charge in [0.2, 0.25) is 0 Å². The number of furan rings is 1. The summed E-state index contributed by atoms with van der Waals surface area (Å²) in [6.45, 7) is 8.38. The molecule has 6 aromatic rings. The van der Waals surface area contributed by atoms with E-state index in [4.69, 9.17) is 13.7 Å². The molecule has 0 atom stereocenters. The Morgan fingerprint density at radius 2 is 1.28 bits per heavy atom. The first-order valence-corrected chi connectivity index (χ1v) is 11.2. The molecule has 2 heterocycles. The van der Waals surface area contributed by atoms with E-state index in [0.717, 1.165) is 22.0 Å². The lowest BCUT2D eigenvalue weighted by Crippen LogP contribution is -2.41. The summed E-state index contributed by atoms with van der Waals surface area (Å²) in [6.07, 6.45) is 0. The molecule has 1 aromatic heterocycles. The van der Waals surface area contributed by atoms with Gasteiger partial charge in [0.1, 0.15) is 11.2 Å². The Hall–Kier alpha value is -3.08. The Morgan fingerprint density at radius 1 is 0.594 bits per heavy atom. The number of benzene rings is 5. The van der Waals surface area contributed by atoms with Crippen LogP contribution in [0.25, 0.3) is 54.3 Å². The topological polar surface area (TPSA) is 31.6 Å². The van der Waals surface area contributed by atoms with E-state index in [0.29, 0.717) is 0 Å². The van der Waals surface area contributed by atoms with Gasteiger partial charge >= 0.3 is 7.12 Å². The standard InChI is InChI=1S/C28H23BO3/c1-27(2)28(3,4)32-29(31-27)17-13-12-16-14-23-26-24(21(16)15-17)19-9-6-5-8-18(19)20-10-7-11-22(30-23)25(20)26/h5-15H,1-4H3. The van der Waals surface area contributed by atoms with Crippen LogP contribution in [0.1, 0.15) is 27.7 Å². The lowest BCUT2D eigenvalue weighted by atomic mass is 9.77. The first-order valence-electron chi connectivity index (χ1n) is 11.2. The van der Waals surface area contributed by atoms with Crippen molar-refractivity contribution in [3.05, 3.63) is 66.7 Å². The van der Waals surface area contributed by atoms with Crippen molar-refractivity contribution in [1.29, 1.82) is 0 Å². The Labute approximate surface area is 186 Å². The summed E-state index contributed by atoms with van der Waals surface area (Å²) in [4.78, 5) is 0. The third kappa shape index (κ3) is 2.24. The maximum Gasteiger partial charge on any atom is 0.494 e. The molecule has 0 amide bonds. The fraction of sp³-hybridized carbons (Fsp3) is 0.214. The number of fused-ring (bicyclic) bond motifs is 5. The van der Waals surface area contributed by atoms with E-state index in [-0.39, 0.29) is 18.3 Å². The highest BCUT2D eigenvalue weighted by atomic mass is 16.7. The van der Waals surface area contributed by atoms with Crippen LogP contribution in [-0.4, -0.2) is 18.3 Å². The highest BCUT2D eigenvalue weighted by Crippen LogP contribution is 2.45. The van der Waals surface area contributed by atoms with E-state index in [1.54, 1.807) is 0 Å². The zero-order chi connectivity index (χ0) is 21.8. The Kier molecular flexibility index (Phi) is 3.37. The molecule has 32 heavy (non-hydrogen) atoms. The van der Waals surface area contributed by atoms with Gasteiger partial charge in [0.25, 0.3) is 0 Å². The molecule has 0 saturated carbocycles. The quantitative estimate of drug-likeness (QED) is 0.218. The first kappa shape index (κ1) is 18.5. The fourth-order valence-electron chi connectivity index (χ4n) is 5.27. The van der Waals surface area contributed by atoms with Crippen LogP contribution in [0.5, 0.6) is 0 Å². The minimum absolute atomic E-state index is 0.368. The maximum absolute atomic E-state index is 6.36. The van der Waals surface area contributed by atoms with Gasteiger partial charge in [-0.2, -0.15) is 0 Å². The smallest absolute Gasteiger partial charge is 0.456 e. The molecule has 5 aromatic carbocycles. The summed E-state index contributed by atoms with van der Waals surface area (Å²) in [5.41, 5.74) is 2.19. The van der Waals surface area contributed by atoms with E-state index in [9.17, 15) is 0 Å². The SMILES string of the molecule is CC1(C)OB(c2ccc3cc4oc5cccc6c7ccccc7c(c3c2)c4c56)OC1(C)C. The van der Waals surface area contributed by atoms with Crippen molar-refractivity contribution < 1.29 is 13.7 Å². The van der Waals surface area contributed by atoms with Gasteiger partial charge in [0, 0.05) is 16.2 Å². The highest BCUT2D eigenvalue weighted by Gasteiger charge is 2.51. The van der Waals surface area contributed by atoms with Gasteiger partial charge in [-0.15, -0.1) is 0 Å². The van der Waals surface area contributed by atoms with Crippen LogP contribution in [0.4, 0.5) is 0 Å². The third-order valence-electron chi connectivity index (χ3n) is 7.64. The molecular formula is C28H23BO3. The highest BCUT2D eigenvalue weighted by molar-refractivity contribution is 6.62. The minimum atomic E-state index is -0.386. The number of rotatable bonds is 1. The van der Waals surface area contributed by atoms with Gasteiger partial charge in [-0.05, 0) is 72.2 Å². The average Bonchev–Trinajstić information content (AvgIpc) is 3.24. The minimum Gasteiger partial charge on any atom is -0.456 e. The predicted octanol–water partition coefficient (Wildman–Crippen LogP) is 6.78. The molecule has 0 N–H and O–H groups in total. The first-order chi connectivity index (χ1) is 15.3. The molecular weight excluding hydrogens is 395 g/mol. The third-order valence-corrected chi connectivity index (χ3v) is 7.64. The van der Waals surface area contributed by atoms with Gasteiger partial charge in [0.05, 0.1) is 11.2 Å². The van der Waals surface area contributed by atoms with Gasteiger partial charge < -0.3 is 13.7 Å². The zero-order valence-electron chi connectivity index (χ0n) is 18.7. The van der Waals surface area contributed by atoms with Crippen LogP contribution in [0, 0.1) is 0 Å². The molecule has 0 radical (unpaired) electrons. The van der Waals surface area contributed by atoms with Crippen molar-refractivity contribution in [2.24, 2.45) is 0 Å². The van der Waals surface area contributed by atoms with E-state index < -0.39 is 0 Å². The second kappa shape index (κ2) is 5.83. The van der Waals surface area contributed by atoms with Crippen molar-refractivity contribution in [3.63, 3.8) is 0 Å². The van der Waals surface area contributed by atoms with Crippen LogP contribution in [-0.2, 0) is 9.31 Å². The Balaban J connectivity index is 1.61. The van der Waals surface area contributed by atoms with E-state index in [2.05, 4.69) is 94.4 Å². The molecule has 1 aliphatic heterocycles.